The summed E-state index contributed by atoms with van der Waals surface area (Å²) >= 11 is 0. The quantitative estimate of drug-likeness (QED) is 0.676. The van der Waals surface area contributed by atoms with Gasteiger partial charge in [-0.3, -0.25) is 4.79 Å². The van der Waals surface area contributed by atoms with Crippen LogP contribution in [-0.2, 0) is 14.3 Å². The van der Waals surface area contributed by atoms with Gasteiger partial charge in [-0.25, -0.2) is 9.59 Å². The van der Waals surface area contributed by atoms with E-state index in [2.05, 4.69) is 29.6 Å². The van der Waals surface area contributed by atoms with E-state index < -0.39 is 29.6 Å². The summed E-state index contributed by atoms with van der Waals surface area (Å²) in [6.07, 6.45) is 1.62. The summed E-state index contributed by atoms with van der Waals surface area (Å²) in [4.78, 5) is 39.5. The number of ether oxygens (including phenoxy) is 1. The predicted octanol–water partition coefficient (Wildman–Crippen LogP) is 4.02. The van der Waals surface area contributed by atoms with E-state index in [1.165, 1.54) is 4.90 Å². The maximum Gasteiger partial charge on any atom is 0.407 e. The number of amides is 2. The third-order valence-corrected chi connectivity index (χ3v) is 7.54. The van der Waals surface area contributed by atoms with Crippen LogP contribution in [-0.4, -0.2) is 53.2 Å². The third-order valence-electron chi connectivity index (χ3n) is 7.54. The number of hydrogen-bond donors (Lipinski definition) is 2. The highest BCUT2D eigenvalue weighted by Gasteiger charge is 2.50. The summed E-state index contributed by atoms with van der Waals surface area (Å²) in [7, 11) is 0. The highest BCUT2D eigenvalue weighted by Crippen LogP contribution is 2.44. The van der Waals surface area contributed by atoms with Crippen molar-refractivity contribution in [3.05, 3.63) is 59.7 Å². The monoisotopic (exact) mass is 462 g/mol. The first-order valence-electron chi connectivity index (χ1n) is 11.9. The fourth-order valence-electron chi connectivity index (χ4n) is 5.56. The number of aliphatic carboxylic acids is 1. The standard InChI is InChI=1S/C27H30N2O5/c1-27(2)13-14-29(23(27)25(31)32)24(30)22(16-11-12-16)28-26(33)34-15-21-19-9-5-3-7-17(19)18-8-4-6-10-20(18)21/h3-10,16,21-23H,11-15H2,1-2H3,(H,28,33)(H,31,32). The summed E-state index contributed by atoms with van der Waals surface area (Å²) in [6.45, 7) is 4.27. The first kappa shape index (κ1) is 22.4. The fourth-order valence-corrected chi connectivity index (χ4v) is 5.56. The molecule has 0 spiro atoms. The maximum absolute atomic E-state index is 13.3. The lowest BCUT2D eigenvalue weighted by molar-refractivity contribution is -0.152. The fraction of sp³-hybridized carbons (Fsp3) is 0.444. The van der Waals surface area contributed by atoms with E-state index >= 15 is 0 Å². The van der Waals surface area contributed by atoms with Gasteiger partial charge in [-0.1, -0.05) is 62.4 Å². The number of carboxylic acids is 1. The molecule has 0 radical (unpaired) electrons. The highest BCUT2D eigenvalue weighted by atomic mass is 16.5. The topological polar surface area (TPSA) is 95.9 Å². The molecule has 2 N–H and O–H groups in total. The van der Waals surface area contributed by atoms with Gasteiger partial charge in [-0.15, -0.1) is 0 Å². The average molecular weight is 463 g/mol. The van der Waals surface area contributed by atoms with Gasteiger partial charge in [-0.05, 0) is 52.8 Å². The normalized spacial score (nSPS) is 21.5. The van der Waals surface area contributed by atoms with Gasteiger partial charge < -0.3 is 20.1 Å². The third kappa shape index (κ3) is 3.93. The van der Waals surface area contributed by atoms with E-state index in [9.17, 15) is 19.5 Å². The molecule has 1 heterocycles. The number of benzene rings is 2. The summed E-state index contributed by atoms with van der Waals surface area (Å²) < 4.78 is 5.64. The van der Waals surface area contributed by atoms with Gasteiger partial charge in [0.2, 0.25) is 5.91 Å². The Balaban J connectivity index is 1.28. The summed E-state index contributed by atoms with van der Waals surface area (Å²) in [5.74, 6) is -1.38. The SMILES string of the molecule is CC1(C)CCN(C(=O)C(NC(=O)OCC2c3ccccc3-c3ccccc32)C2CC2)C1C(=O)O. The molecule has 7 heteroatoms. The number of rotatable bonds is 6. The molecule has 1 saturated heterocycles. The first-order chi connectivity index (χ1) is 16.3. The Labute approximate surface area is 199 Å². The van der Waals surface area contributed by atoms with E-state index in [-0.39, 0.29) is 24.3 Å². The van der Waals surface area contributed by atoms with Crippen LogP contribution in [0.15, 0.2) is 48.5 Å². The zero-order valence-corrected chi connectivity index (χ0v) is 19.5. The molecule has 178 valence electrons. The number of nitrogens with zero attached hydrogens (tertiary/aromatic N) is 1. The van der Waals surface area contributed by atoms with Crippen LogP contribution >= 0.6 is 0 Å². The van der Waals surface area contributed by atoms with Crippen molar-refractivity contribution in [3.63, 3.8) is 0 Å². The van der Waals surface area contributed by atoms with Crippen LogP contribution in [0, 0.1) is 11.3 Å². The number of carboxylic acid groups (broad SMARTS) is 1. The molecule has 3 aliphatic rings. The summed E-state index contributed by atoms with van der Waals surface area (Å²) in [5.41, 5.74) is 4.02. The Morgan fingerprint density at radius 2 is 1.65 bits per heavy atom. The van der Waals surface area contributed by atoms with Crippen LogP contribution in [0.4, 0.5) is 4.79 Å². The zero-order chi connectivity index (χ0) is 24.0. The Bertz CT molecular complexity index is 1090. The van der Waals surface area contributed by atoms with E-state index in [0.29, 0.717) is 13.0 Å². The van der Waals surface area contributed by atoms with Gasteiger partial charge in [0.25, 0.3) is 0 Å². The lowest BCUT2D eigenvalue weighted by Gasteiger charge is -2.31. The van der Waals surface area contributed by atoms with Gasteiger partial charge in [0.15, 0.2) is 0 Å². The van der Waals surface area contributed by atoms with Gasteiger partial charge in [0.05, 0.1) is 0 Å². The lowest BCUT2D eigenvalue weighted by Crippen LogP contribution is -2.54. The molecule has 34 heavy (non-hydrogen) atoms. The minimum Gasteiger partial charge on any atom is -0.480 e. The Hall–Kier alpha value is -3.35. The molecule has 2 amide bonds. The number of alkyl carbamates (subject to hydrolysis) is 1. The molecule has 2 aliphatic carbocycles. The molecule has 1 aliphatic heterocycles. The molecule has 2 fully saturated rings. The second-order valence-electron chi connectivity index (χ2n) is 10.3. The molecule has 0 aromatic heterocycles. The van der Waals surface area contributed by atoms with Gasteiger partial charge in [0.1, 0.15) is 18.7 Å². The van der Waals surface area contributed by atoms with Crippen LogP contribution in [0.1, 0.15) is 50.2 Å². The largest absolute Gasteiger partial charge is 0.480 e. The number of hydrogen-bond acceptors (Lipinski definition) is 4. The summed E-state index contributed by atoms with van der Waals surface area (Å²) in [5, 5.41) is 12.5. The smallest absolute Gasteiger partial charge is 0.407 e. The molecular formula is C27H30N2O5. The van der Waals surface area contributed by atoms with Crippen molar-refractivity contribution < 1.29 is 24.2 Å². The van der Waals surface area contributed by atoms with Crippen LogP contribution in [0.2, 0.25) is 0 Å². The van der Waals surface area contributed by atoms with Crippen molar-refractivity contribution in [2.24, 2.45) is 11.3 Å². The number of likely N-dealkylation sites (tertiary alicyclic amines) is 1. The van der Waals surface area contributed by atoms with Crippen LogP contribution in [0.5, 0.6) is 0 Å². The van der Waals surface area contributed by atoms with E-state index in [0.717, 1.165) is 35.1 Å². The van der Waals surface area contributed by atoms with Crippen molar-refractivity contribution in [1.29, 1.82) is 0 Å². The van der Waals surface area contributed by atoms with E-state index in [1.807, 2.05) is 38.1 Å². The number of carbonyl (C=O) groups is 3. The van der Waals surface area contributed by atoms with Gasteiger partial charge >= 0.3 is 12.1 Å². The zero-order valence-electron chi connectivity index (χ0n) is 19.5. The number of nitrogens with one attached hydrogen (secondary N) is 1. The Morgan fingerprint density at radius 3 is 2.21 bits per heavy atom. The molecule has 2 unspecified atom stereocenters. The van der Waals surface area contributed by atoms with E-state index in [1.54, 1.807) is 0 Å². The molecular weight excluding hydrogens is 432 g/mol. The molecule has 1 saturated carbocycles. The highest BCUT2D eigenvalue weighted by molar-refractivity contribution is 5.90. The molecule has 2 aromatic rings. The average Bonchev–Trinajstić information content (AvgIpc) is 3.53. The summed E-state index contributed by atoms with van der Waals surface area (Å²) in [6, 6.07) is 14.6. The van der Waals surface area contributed by atoms with Crippen LogP contribution in [0.3, 0.4) is 0 Å². The van der Waals surface area contributed by atoms with Crippen molar-refractivity contribution >= 4 is 18.0 Å². The minimum absolute atomic E-state index is 0.0196. The second kappa shape index (κ2) is 8.46. The number of fused-ring (bicyclic) bond motifs is 3. The minimum atomic E-state index is -1.01. The Morgan fingerprint density at radius 1 is 1.06 bits per heavy atom. The molecule has 7 nitrogen and oxygen atoms in total. The van der Waals surface area contributed by atoms with Crippen LogP contribution in [0.25, 0.3) is 11.1 Å². The number of carbonyl (C=O) groups excluding carboxylic acids is 2. The van der Waals surface area contributed by atoms with Crippen molar-refractivity contribution in [2.45, 2.75) is 51.1 Å². The van der Waals surface area contributed by atoms with Crippen molar-refractivity contribution in [3.8, 4) is 11.1 Å². The molecule has 2 atom stereocenters. The predicted molar refractivity (Wildman–Crippen MR) is 126 cm³/mol. The Kier molecular flexibility index (Phi) is 5.58. The first-order valence-corrected chi connectivity index (χ1v) is 11.9. The molecule has 0 bridgehead atoms. The molecule has 5 rings (SSSR count). The maximum atomic E-state index is 13.3. The van der Waals surface area contributed by atoms with Gasteiger partial charge in [-0.2, -0.15) is 0 Å². The van der Waals surface area contributed by atoms with Crippen molar-refractivity contribution in [1.82, 2.24) is 10.2 Å². The van der Waals surface area contributed by atoms with Crippen molar-refractivity contribution in [2.75, 3.05) is 13.2 Å². The lowest BCUT2D eigenvalue weighted by atomic mass is 9.84. The van der Waals surface area contributed by atoms with E-state index in [4.69, 9.17) is 4.74 Å². The second-order valence-corrected chi connectivity index (χ2v) is 10.3. The van der Waals surface area contributed by atoms with Crippen LogP contribution < -0.4 is 5.32 Å². The molecule has 2 aromatic carbocycles. The van der Waals surface area contributed by atoms with Gasteiger partial charge in [0, 0.05) is 12.5 Å².